The molecule has 0 aliphatic carbocycles. The molecule has 0 fully saturated rings. The van der Waals surface area contributed by atoms with Crippen molar-refractivity contribution < 1.29 is 9.72 Å². The summed E-state index contributed by atoms with van der Waals surface area (Å²) in [6, 6.07) is 15.4. The van der Waals surface area contributed by atoms with E-state index in [1.165, 1.54) is 12.1 Å². The average Bonchev–Trinajstić information content (AvgIpc) is 3.14. The van der Waals surface area contributed by atoms with Gasteiger partial charge in [-0.2, -0.15) is 5.26 Å². The molecule has 2 aromatic heterocycles. The van der Waals surface area contributed by atoms with Crippen LogP contribution in [0.5, 0.6) is 0 Å². The Labute approximate surface area is 186 Å². The van der Waals surface area contributed by atoms with E-state index in [1.54, 1.807) is 37.5 Å². The lowest BCUT2D eigenvalue weighted by molar-refractivity contribution is -0.387. The molecule has 2 aromatic carbocycles. The number of nitro groups is 1. The van der Waals surface area contributed by atoms with Gasteiger partial charge in [0.1, 0.15) is 11.6 Å². The van der Waals surface area contributed by atoms with Gasteiger partial charge >= 0.3 is 0 Å². The van der Waals surface area contributed by atoms with Gasteiger partial charge in [-0.05, 0) is 48.5 Å². The van der Waals surface area contributed by atoms with Gasteiger partial charge in [0.15, 0.2) is 5.16 Å². The van der Waals surface area contributed by atoms with Gasteiger partial charge < -0.3 is 4.98 Å². The lowest BCUT2D eigenvalue weighted by Gasteiger charge is -2.04. The molecule has 0 aliphatic rings. The first-order valence-electron chi connectivity index (χ1n) is 9.45. The number of Topliss-reactive ketones (excluding diaryl/α,β-unsaturated/α-hetero) is 1. The third-order valence-electron chi connectivity index (χ3n) is 4.72. The van der Waals surface area contributed by atoms with Crippen LogP contribution in [0.15, 0.2) is 76.5 Å². The van der Waals surface area contributed by atoms with Crippen LogP contribution in [0, 0.1) is 28.4 Å². The Balaban J connectivity index is 1.72. The molecule has 4 aromatic rings. The minimum atomic E-state index is -0.514. The number of ketones is 1. The van der Waals surface area contributed by atoms with Gasteiger partial charge in [0.2, 0.25) is 5.78 Å². The van der Waals surface area contributed by atoms with Crippen molar-refractivity contribution in [2.75, 3.05) is 0 Å². The highest BCUT2D eigenvalue weighted by atomic mass is 32.2. The molecule has 0 spiro atoms. The van der Waals surface area contributed by atoms with Crippen LogP contribution in [0.1, 0.15) is 21.6 Å². The fourth-order valence-corrected chi connectivity index (χ4v) is 4.11. The zero-order valence-electron chi connectivity index (χ0n) is 16.8. The highest BCUT2D eigenvalue weighted by molar-refractivity contribution is 7.99. The molecule has 0 amide bonds. The molecule has 9 heteroatoms. The topological polar surface area (TPSA) is 126 Å². The van der Waals surface area contributed by atoms with E-state index in [-0.39, 0.29) is 11.3 Å². The van der Waals surface area contributed by atoms with E-state index in [0.29, 0.717) is 26.9 Å². The predicted molar refractivity (Wildman–Crippen MR) is 120 cm³/mol. The van der Waals surface area contributed by atoms with Crippen molar-refractivity contribution in [1.82, 2.24) is 15.0 Å². The summed E-state index contributed by atoms with van der Waals surface area (Å²) in [5.41, 5.74) is 1.96. The molecule has 1 N–H and O–H groups in total. The van der Waals surface area contributed by atoms with Crippen molar-refractivity contribution in [2.24, 2.45) is 0 Å². The number of carbonyl (C=O) groups is 1. The minimum Gasteiger partial charge on any atom is -0.358 e. The first-order chi connectivity index (χ1) is 15.5. The van der Waals surface area contributed by atoms with Crippen LogP contribution in [-0.4, -0.2) is 25.7 Å². The summed E-state index contributed by atoms with van der Waals surface area (Å²) in [5, 5.41) is 22.4. The predicted octanol–water partition coefficient (Wildman–Crippen LogP) is 5.12. The minimum absolute atomic E-state index is 0.112. The maximum Gasteiger partial charge on any atom is 0.283 e. The molecular weight excluding hydrogens is 426 g/mol. The van der Waals surface area contributed by atoms with Gasteiger partial charge in [-0.3, -0.25) is 14.9 Å². The van der Waals surface area contributed by atoms with Crippen LogP contribution in [0.2, 0.25) is 0 Å². The third-order valence-corrected chi connectivity index (χ3v) is 5.68. The first kappa shape index (κ1) is 21.0. The van der Waals surface area contributed by atoms with Crippen LogP contribution < -0.4 is 0 Å². The Morgan fingerprint density at radius 1 is 1.19 bits per heavy atom. The Kier molecular flexibility index (Phi) is 5.79. The Morgan fingerprint density at radius 3 is 2.66 bits per heavy atom. The van der Waals surface area contributed by atoms with Crippen molar-refractivity contribution >= 4 is 40.2 Å². The Morgan fingerprint density at radius 2 is 1.94 bits per heavy atom. The van der Waals surface area contributed by atoms with Crippen molar-refractivity contribution in [3.8, 4) is 6.07 Å². The summed E-state index contributed by atoms with van der Waals surface area (Å²) < 4.78 is 0. The second kappa shape index (κ2) is 8.83. The molecule has 4 rings (SSSR count). The van der Waals surface area contributed by atoms with Crippen LogP contribution in [0.4, 0.5) is 5.69 Å². The molecule has 0 saturated heterocycles. The highest BCUT2D eigenvalue weighted by Crippen LogP contribution is 2.34. The average molecular weight is 441 g/mol. The summed E-state index contributed by atoms with van der Waals surface area (Å²) in [5.74, 6) is -0.443. The summed E-state index contributed by atoms with van der Waals surface area (Å²) in [7, 11) is 0. The van der Waals surface area contributed by atoms with Crippen LogP contribution in [-0.2, 0) is 0 Å². The van der Waals surface area contributed by atoms with Gasteiger partial charge in [-0.15, -0.1) is 0 Å². The van der Waals surface area contributed by atoms with E-state index in [0.717, 1.165) is 22.7 Å². The van der Waals surface area contributed by atoms with Gasteiger partial charge in [0.25, 0.3) is 5.69 Å². The van der Waals surface area contributed by atoms with Gasteiger partial charge in [-0.1, -0.05) is 24.3 Å². The van der Waals surface area contributed by atoms with E-state index in [1.807, 2.05) is 30.3 Å². The van der Waals surface area contributed by atoms with Gasteiger partial charge in [0.05, 0.1) is 15.4 Å². The number of nitrogens with one attached hydrogen (secondary N) is 1. The number of fused-ring (bicyclic) bond motifs is 1. The largest absolute Gasteiger partial charge is 0.358 e. The monoisotopic (exact) mass is 441 g/mol. The normalized spacial score (nSPS) is 11.3. The molecule has 0 atom stereocenters. The molecule has 156 valence electrons. The number of nitro benzene ring substituents is 1. The fourth-order valence-electron chi connectivity index (χ4n) is 3.31. The number of hydrogen-bond donors (Lipinski definition) is 1. The summed E-state index contributed by atoms with van der Waals surface area (Å²) in [6.45, 7) is 1.77. The SMILES string of the molecule is Cc1[nH]c2ccccc2c1C(=O)C(C#N)=Cc1ccc(Sc2ncccn2)c([N+](=O)[O-])c1. The van der Waals surface area contributed by atoms with E-state index in [4.69, 9.17) is 0 Å². The molecule has 0 aliphatic heterocycles. The first-order valence-corrected chi connectivity index (χ1v) is 10.3. The Bertz CT molecular complexity index is 1420. The number of para-hydroxylation sites is 1. The summed E-state index contributed by atoms with van der Waals surface area (Å²) >= 11 is 1.06. The van der Waals surface area contributed by atoms with Crippen molar-refractivity contribution in [1.29, 1.82) is 5.26 Å². The molecule has 0 bridgehead atoms. The second-order valence-electron chi connectivity index (χ2n) is 6.79. The Hall–Kier alpha value is -4.29. The van der Waals surface area contributed by atoms with Crippen LogP contribution >= 0.6 is 11.8 Å². The van der Waals surface area contributed by atoms with Gasteiger partial charge in [-0.25, -0.2) is 9.97 Å². The number of allylic oxidation sites excluding steroid dienone is 1. The summed E-state index contributed by atoms with van der Waals surface area (Å²) in [6.07, 6.45) is 4.47. The third kappa shape index (κ3) is 4.12. The van der Waals surface area contributed by atoms with Crippen molar-refractivity contribution in [3.05, 3.63) is 93.4 Å². The van der Waals surface area contributed by atoms with Crippen molar-refractivity contribution in [2.45, 2.75) is 17.0 Å². The van der Waals surface area contributed by atoms with E-state index in [9.17, 15) is 20.2 Å². The number of hydrogen-bond acceptors (Lipinski definition) is 7. The lowest BCUT2D eigenvalue weighted by Crippen LogP contribution is -2.03. The number of nitriles is 1. The van der Waals surface area contributed by atoms with E-state index >= 15 is 0 Å². The molecule has 0 unspecified atom stereocenters. The molecular formula is C23H15N5O3S. The smallest absolute Gasteiger partial charge is 0.283 e. The zero-order chi connectivity index (χ0) is 22.7. The molecule has 2 heterocycles. The van der Waals surface area contributed by atoms with Crippen LogP contribution in [0.3, 0.4) is 0 Å². The number of aryl methyl sites for hydroxylation is 1. The number of aromatic nitrogens is 3. The molecule has 32 heavy (non-hydrogen) atoms. The van der Waals surface area contributed by atoms with Crippen LogP contribution in [0.25, 0.3) is 17.0 Å². The van der Waals surface area contributed by atoms with Gasteiger partial charge in [0, 0.05) is 35.1 Å². The molecule has 8 nitrogen and oxygen atoms in total. The maximum atomic E-state index is 13.1. The number of aromatic amines is 1. The lowest BCUT2D eigenvalue weighted by atomic mass is 9.99. The number of nitrogens with zero attached hydrogens (tertiary/aromatic N) is 4. The standard InChI is InChI=1S/C23H15N5O3S/c1-14-21(17-5-2-3-6-18(17)27-14)22(29)16(13-24)11-15-7-8-20(19(12-15)28(30)31)32-23-25-9-4-10-26-23/h2-12,27H,1H3. The number of H-pyrrole nitrogens is 1. The second-order valence-corrected chi connectivity index (χ2v) is 7.80. The van der Waals surface area contributed by atoms with E-state index in [2.05, 4.69) is 15.0 Å². The number of carbonyl (C=O) groups excluding carboxylic acids is 1. The highest BCUT2D eigenvalue weighted by Gasteiger charge is 2.21. The number of benzene rings is 2. The van der Waals surface area contributed by atoms with Crippen molar-refractivity contribution in [3.63, 3.8) is 0 Å². The maximum absolute atomic E-state index is 13.1. The van der Waals surface area contributed by atoms with E-state index < -0.39 is 10.7 Å². The molecule has 0 radical (unpaired) electrons. The fraction of sp³-hybridized carbons (Fsp3) is 0.0435. The quantitative estimate of drug-likeness (QED) is 0.110. The summed E-state index contributed by atoms with van der Waals surface area (Å²) in [4.78, 5) is 35.9. The number of rotatable bonds is 6. The zero-order valence-corrected chi connectivity index (χ0v) is 17.6. The molecule has 0 saturated carbocycles.